The normalized spacial score (nSPS) is 11.2. The van der Waals surface area contributed by atoms with E-state index >= 15 is 0 Å². The fourth-order valence-electron chi connectivity index (χ4n) is 4.73. The summed E-state index contributed by atoms with van der Waals surface area (Å²) in [5.41, 5.74) is 6.63. The number of nitro groups is 1. The third-order valence-corrected chi connectivity index (χ3v) is 6.30. The molecule has 0 bridgehead atoms. The number of hydrogen-bond donors (Lipinski definition) is 0. The summed E-state index contributed by atoms with van der Waals surface area (Å²) in [7, 11) is 0. The Balaban J connectivity index is 1.60. The van der Waals surface area contributed by atoms with Crippen LogP contribution in [0.5, 0.6) is 0 Å². The lowest BCUT2D eigenvalue weighted by Crippen LogP contribution is -1.98. The van der Waals surface area contributed by atoms with Gasteiger partial charge in [-0.25, -0.2) is 0 Å². The van der Waals surface area contributed by atoms with Crippen molar-refractivity contribution in [2.75, 3.05) is 0 Å². The van der Waals surface area contributed by atoms with E-state index in [9.17, 15) is 10.1 Å². The highest BCUT2D eigenvalue weighted by molar-refractivity contribution is 6.10. The van der Waals surface area contributed by atoms with Crippen LogP contribution in [0.2, 0.25) is 0 Å². The van der Waals surface area contributed by atoms with Crippen molar-refractivity contribution < 1.29 is 4.92 Å². The minimum absolute atomic E-state index is 0.0931. The maximum atomic E-state index is 12.0. The van der Waals surface area contributed by atoms with E-state index in [2.05, 4.69) is 47.0 Å². The van der Waals surface area contributed by atoms with Crippen LogP contribution in [-0.2, 0) is 0 Å². The van der Waals surface area contributed by atoms with E-state index in [1.54, 1.807) is 6.07 Å². The van der Waals surface area contributed by atoms with Gasteiger partial charge in [0, 0.05) is 16.8 Å². The van der Waals surface area contributed by atoms with Crippen molar-refractivity contribution in [1.82, 2.24) is 4.57 Å². The lowest BCUT2D eigenvalue weighted by Gasteiger charge is -2.11. The molecule has 0 N–H and O–H groups in total. The summed E-state index contributed by atoms with van der Waals surface area (Å²) >= 11 is 0. The van der Waals surface area contributed by atoms with Gasteiger partial charge in [0.25, 0.3) is 5.69 Å². The van der Waals surface area contributed by atoms with E-state index in [0.29, 0.717) is 5.56 Å². The van der Waals surface area contributed by atoms with Crippen LogP contribution in [-0.4, -0.2) is 9.49 Å². The van der Waals surface area contributed by atoms with Gasteiger partial charge in [0.2, 0.25) is 0 Å². The summed E-state index contributed by atoms with van der Waals surface area (Å²) in [4.78, 5) is 11.7. The van der Waals surface area contributed by atoms with Crippen LogP contribution in [0, 0.1) is 10.1 Å². The molecule has 0 unspecified atom stereocenters. The van der Waals surface area contributed by atoms with E-state index in [4.69, 9.17) is 0 Å². The van der Waals surface area contributed by atoms with Crippen LogP contribution in [0.1, 0.15) is 0 Å². The van der Waals surface area contributed by atoms with Gasteiger partial charge in [0.05, 0.1) is 27.2 Å². The van der Waals surface area contributed by atoms with Crippen LogP contribution < -0.4 is 0 Å². The zero-order valence-corrected chi connectivity index (χ0v) is 18.3. The topological polar surface area (TPSA) is 48.1 Å². The smallest absolute Gasteiger partial charge is 0.279 e. The second kappa shape index (κ2) is 8.01. The summed E-state index contributed by atoms with van der Waals surface area (Å²) < 4.78 is 2.11. The van der Waals surface area contributed by atoms with Crippen LogP contribution in [0.15, 0.2) is 121 Å². The Labute approximate surface area is 196 Å². The summed E-state index contributed by atoms with van der Waals surface area (Å²) in [6.45, 7) is 0. The Kier molecular flexibility index (Phi) is 4.70. The molecular weight excluding hydrogens is 420 g/mol. The highest BCUT2D eigenvalue weighted by Gasteiger charge is 2.19. The van der Waals surface area contributed by atoms with Gasteiger partial charge in [-0.1, -0.05) is 84.9 Å². The Morgan fingerprint density at radius 1 is 0.559 bits per heavy atom. The van der Waals surface area contributed by atoms with Crippen molar-refractivity contribution in [2.45, 2.75) is 0 Å². The Bertz CT molecular complexity index is 1670. The van der Waals surface area contributed by atoms with Crippen molar-refractivity contribution in [3.8, 4) is 27.9 Å². The predicted octanol–water partition coefficient (Wildman–Crippen LogP) is 8.03. The summed E-state index contributed by atoms with van der Waals surface area (Å²) in [6, 6.07) is 39.9. The van der Waals surface area contributed by atoms with Crippen molar-refractivity contribution >= 4 is 27.5 Å². The average Bonchev–Trinajstić information content (AvgIpc) is 3.23. The zero-order valence-electron chi connectivity index (χ0n) is 18.3. The molecule has 6 aromatic rings. The van der Waals surface area contributed by atoms with Crippen LogP contribution in [0.4, 0.5) is 5.69 Å². The highest BCUT2D eigenvalue weighted by Crippen LogP contribution is 2.37. The number of rotatable bonds is 4. The van der Waals surface area contributed by atoms with Crippen molar-refractivity contribution in [3.05, 3.63) is 131 Å². The molecule has 6 rings (SSSR count). The lowest BCUT2D eigenvalue weighted by molar-refractivity contribution is -0.384. The zero-order chi connectivity index (χ0) is 23.1. The van der Waals surface area contributed by atoms with Crippen LogP contribution in [0.3, 0.4) is 0 Å². The molecule has 0 amide bonds. The molecule has 0 atom stereocenters. The van der Waals surface area contributed by atoms with E-state index < -0.39 is 0 Å². The first-order valence-corrected chi connectivity index (χ1v) is 11.1. The highest BCUT2D eigenvalue weighted by atomic mass is 16.6. The van der Waals surface area contributed by atoms with Gasteiger partial charge < -0.3 is 4.57 Å². The van der Waals surface area contributed by atoms with E-state index in [-0.39, 0.29) is 10.6 Å². The molecule has 0 saturated heterocycles. The largest absolute Gasteiger partial charge is 0.309 e. The number of benzene rings is 5. The number of nitro benzene ring substituents is 1. The molecule has 0 aliphatic heterocycles. The van der Waals surface area contributed by atoms with Gasteiger partial charge >= 0.3 is 0 Å². The lowest BCUT2D eigenvalue weighted by atomic mass is 10.0. The van der Waals surface area contributed by atoms with Gasteiger partial charge in [0.15, 0.2) is 0 Å². The van der Waals surface area contributed by atoms with E-state index in [1.165, 1.54) is 0 Å². The molecule has 0 aliphatic carbocycles. The molecule has 34 heavy (non-hydrogen) atoms. The number of nitrogens with zero attached hydrogens (tertiary/aromatic N) is 2. The Morgan fingerprint density at radius 2 is 1.21 bits per heavy atom. The first-order valence-electron chi connectivity index (χ1n) is 11.1. The maximum absolute atomic E-state index is 12.0. The molecule has 1 heterocycles. The average molecular weight is 441 g/mol. The first kappa shape index (κ1) is 19.9. The van der Waals surface area contributed by atoms with Crippen molar-refractivity contribution in [2.24, 2.45) is 0 Å². The summed E-state index contributed by atoms with van der Waals surface area (Å²) in [6.07, 6.45) is 0. The number of aromatic nitrogens is 1. The Morgan fingerprint density at radius 3 is 1.94 bits per heavy atom. The molecule has 0 aliphatic rings. The summed E-state index contributed by atoms with van der Waals surface area (Å²) in [5, 5.41) is 14.3. The second-order valence-electron chi connectivity index (χ2n) is 8.28. The van der Waals surface area contributed by atoms with Gasteiger partial charge in [-0.2, -0.15) is 0 Å². The van der Waals surface area contributed by atoms with Gasteiger partial charge in [0.1, 0.15) is 0 Å². The molecule has 4 heteroatoms. The van der Waals surface area contributed by atoms with Crippen molar-refractivity contribution in [3.63, 3.8) is 0 Å². The number of fused-ring (bicyclic) bond motifs is 3. The molecule has 0 radical (unpaired) electrons. The quantitative estimate of drug-likeness (QED) is 0.206. The monoisotopic (exact) mass is 440 g/mol. The predicted molar refractivity (Wildman–Crippen MR) is 138 cm³/mol. The van der Waals surface area contributed by atoms with Crippen LogP contribution in [0.25, 0.3) is 49.7 Å². The van der Waals surface area contributed by atoms with Gasteiger partial charge in [-0.15, -0.1) is 0 Å². The first-order chi connectivity index (χ1) is 16.7. The fraction of sp³-hybridized carbons (Fsp3) is 0. The molecule has 4 nitrogen and oxygen atoms in total. The molecule has 0 saturated carbocycles. The Hall–Kier alpha value is -4.70. The van der Waals surface area contributed by atoms with Gasteiger partial charge in [-0.05, 0) is 47.0 Å². The molecule has 0 fully saturated rings. The number of para-hydroxylation sites is 1. The second-order valence-corrected chi connectivity index (χ2v) is 8.28. The van der Waals surface area contributed by atoms with E-state index in [0.717, 1.165) is 44.2 Å². The maximum Gasteiger partial charge on any atom is 0.279 e. The van der Waals surface area contributed by atoms with E-state index in [1.807, 2.05) is 72.8 Å². The fourth-order valence-corrected chi connectivity index (χ4v) is 4.73. The minimum Gasteiger partial charge on any atom is -0.309 e. The van der Waals surface area contributed by atoms with Crippen LogP contribution >= 0.6 is 0 Å². The molecule has 1 aromatic heterocycles. The molecule has 5 aromatic carbocycles. The summed E-state index contributed by atoms with van der Waals surface area (Å²) in [5.74, 6) is 0. The third-order valence-electron chi connectivity index (χ3n) is 6.30. The SMILES string of the molecule is O=[N+]([O-])c1cc(-n2c3ccccc3c3cc(-c4ccccc4)ccc32)ccc1-c1ccccc1. The van der Waals surface area contributed by atoms with Crippen molar-refractivity contribution in [1.29, 1.82) is 0 Å². The minimum atomic E-state index is -0.298. The molecule has 162 valence electrons. The van der Waals surface area contributed by atoms with Gasteiger partial charge in [-0.3, -0.25) is 10.1 Å². The third kappa shape index (κ3) is 3.24. The standard InChI is InChI=1S/C30H20N2O2/c33-32(34)30-20-24(16-17-25(30)22-11-5-2-6-12-22)31-28-14-8-7-13-26(28)27-19-23(15-18-29(27)31)21-9-3-1-4-10-21/h1-20H. The molecular formula is C30H20N2O2. The molecule has 0 spiro atoms. The number of hydrogen-bond acceptors (Lipinski definition) is 2.